The van der Waals surface area contributed by atoms with Crippen LogP contribution in [0.4, 0.5) is 0 Å². The summed E-state index contributed by atoms with van der Waals surface area (Å²) in [6, 6.07) is 5.09. The molecule has 0 saturated heterocycles. The maximum absolute atomic E-state index is 12.3. The first kappa shape index (κ1) is 17.3. The minimum absolute atomic E-state index is 0.254. The van der Waals surface area contributed by atoms with Crippen molar-refractivity contribution in [2.45, 2.75) is 28.5 Å². The van der Waals surface area contributed by atoms with Gasteiger partial charge < -0.3 is 4.57 Å². The molecule has 0 spiro atoms. The van der Waals surface area contributed by atoms with Crippen molar-refractivity contribution in [2.24, 2.45) is 0 Å². The summed E-state index contributed by atoms with van der Waals surface area (Å²) in [5, 5.41) is 7.84. The number of aryl methyl sites for hydroxylation is 1. The van der Waals surface area contributed by atoms with Gasteiger partial charge in [0.15, 0.2) is 4.34 Å². The fourth-order valence-electron chi connectivity index (χ4n) is 2.35. The van der Waals surface area contributed by atoms with Gasteiger partial charge in [-0.3, -0.25) is 0 Å². The lowest BCUT2D eigenvalue weighted by Gasteiger charge is -2.11. The third-order valence-corrected chi connectivity index (χ3v) is 7.23. The molecular weight excluding hydrogens is 366 g/mol. The Labute approximate surface area is 148 Å². The highest BCUT2D eigenvalue weighted by molar-refractivity contribution is 8.00. The van der Waals surface area contributed by atoms with E-state index in [1.807, 2.05) is 13.0 Å². The Morgan fingerprint density at radius 3 is 2.75 bits per heavy atom. The van der Waals surface area contributed by atoms with E-state index in [4.69, 9.17) is 0 Å². The van der Waals surface area contributed by atoms with E-state index in [1.54, 1.807) is 29.4 Å². The average Bonchev–Trinajstić information content (AvgIpc) is 3.18. The molecule has 1 aromatic carbocycles. The molecule has 3 rings (SSSR count). The second-order valence-electron chi connectivity index (χ2n) is 5.20. The van der Waals surface area contributed by atoms with Gasteiger partial charge in [0, 0.05) is 20.6 Å². The number of rotatable bonds is 6. The van der Waals surface area contributed by atoms with Gasteiger partial charge in [0.2, 0.25) is 10.0 Å². The zero-order valence-electron chi connectivity index (χ0n) is 13.5. The molecule has 24 heavy (non-hydrogen) atoms. The van der Waals surface area contributed by atoms with E-state index in [0.29, 0.717) is 11.3 Å². The molecule has 0 radical (unpaired) electrons. The predicted molar refractivity (Wildman–Crippen MR) is 95.7 cm³/mol. The highest BCUT2D eigenvalue weighted by Gasteiger charge is 2.19. The lowest BCUT2D eigenvalue weighted by Crippen LogP contribution is -2.22. The summed E-state index contributed by atoms with van der Waals surface area (Å²) >= 11 is 3.07. The summed E-state index contributed by atoms with van der Waals surface area (Å²) in [7, 11) is -0.420. The number of thioether (sulfide) groups is 1. The number of nitrogens with zero attached hydrogens (tertiary/aromatic N) is 5. The van der Waals surface area contributed by atoms with Gasteiger partial charge in [0.05, 0.1) is 21.7 Å². The van der Waals surface area contributed by atoms with Crippen LogP contribution in [0.15, 0.2) is 32.9 Å². The van der Waals surface area contributed by atoms with Crippen molar-refractivity contribution in [2.75, 3.05) is 14.1 Å². The molecule has 2 aromatic heterocycles. The summed E-state index contributed by atoms with van der Waals surface area (Å²) in [5.41, 5.74) is 3.32. The van der Waals surface area contributed by atoms with Crippen LogP contribution in [0, 0.1) is 0 Å². The maximum Gasteiger partial charge on any atom is 0.242 e. The van der Waals surface area contributed by atoms with Crippen LogP contribution in [0.2, 0.25) is 0 Å². The lowest BCUT2D eigenvalue weighted by molar-refractivity contribution is 0.521. The number of aromatic nitrogens is 4. The molecule has 0 saturated carbocycles. The SMILES string of the molecule is CCn1c(CSc2nncs2)nc2cc(S(=O)(=O)N(C)C)ccc21. The van der Waals surface area contributed by atoms with Crippen molar-refractivity contribution in [1.82, 2.24) is 24.1 Å². The summed E-state index contributed by atoms with van der Waals surface area (Å²) in [4.78, 5) is 4.89. The van der Waals surface area contributed by atoms with Crippen LogP contribution in [-0.2, 0) is 22.3 Å². The van der Waals surface area contributed by atoms with Crippen molar-refractivity contribution in [1.29, 1.82) is 0 Å². The molecule has 0 aliphatic heterocycles. The first-order valence-corrected chi connectivity index (χ1v) is 10.5. The fraction of sp³-hybridized carbons (Fsp3) is 0.357. The zero-order valence-corrected chi connectivity index (χ0v) is 16.0. The normalized spacial score (nSPS) is 12.3. The van der Waals surface area contributed by atoms with Crippen LogP contribution >= 0.6 is 23.1 Å². The molecule has 128 valence electrons. The third kappa shape index (κ3) is 3.18. The van der Waals surface area contributed by atoms with Crippen molar-refractivity contribution >= 4 is 44.2 Å². The molecular formula is C14H17N5O2S3. The summed E-state index contributed by atoms with van der Waals surface area (Å²) in [5.74, 6) is 1.56. The molecule has 0 N–H and O–H groups in total. The van der Waals surface area contributed by atoms with E-state index in [0.717, 1.165) is 22.2 Å². The molecule has 10 heteroatoms. The molecule has 7 nitrogen and oxygen atoms in total. The van der Waals surface area contributed by atoms with Gasteiger partial charge in [-0.2, -0.15) is 0 Å². The molecule has 0 unspecified atom stereocenters. The van der Waals surface area contributed by atoms with Gasteiger partial charge in [-0.25, -0.2) is 17.7 Å². The number of benzene rings is 1. The monoisotopic (exact) mass is 383 g/mol. The maximum atomic E-state index is 12.3. The Morgan fingerprint density at radius 1 is 1.33 bits per heavy atom. The van der Waals surface area contributed by atoms with Crippen LogP contribution in [0.25, 0.3) is 11.0 Å². The minimum atomic E-state index is -3.46. The quantitative estimate of drug-likeness (QED) is 0.608. The van der Waals surface area contributed by atoms with Crippen LogP contribution in [0.3, 0.4) is 0 Å². The number of sulfonamides is 1. The Kier molecular flexibility index (Phi) is 4.90. The first-order chi connectivity index (χ1) is 11.4. The average molecular weight is 384 g/mol. The predicted octanol–water partition coefficient (Wildman–Crippen LogP) is 2.45. The standard InChI is InChI=1S/C14H17N5O2S3/c1-4-19-12-6-5-10(24(20,21)18(2)3)7-11(12)16-13(19)8-22-14-17-15-9-23-14/h5-7,9H,4,8H2,1-3H3. The number of hydrogen-bond donors (Lipinski definition) is 0. The lowest BCUT2D eigenvalue weighted by atomic mass is 10.3. The molecule has 0 atom stereocenters. The fourth-order valence-corrected chi connectivity index (χ4v) is 4.70. The van der Waals surface area contributed by atoms with Crippen molar-refractivity contribution in [3.63, 3.8) is 0 Å². The number of hydrogen-bond acceptors (Lipinski definition) is 7. The van der Waals surface area contributed by atoms with Crippen LogP contribution in [0.5, 0.6) is 0 Å². The van der Waals surface area contributed by atoms with E-state index in [2.05, 4.69) is 19.7 Å². The van der Waals surface area contributed by atoms with Gasteiger partial charge in [0.25, 0.3) is 0 Å². The van der Waals surface area contributed by atoms with E-state index in [-0.39, 0.29) is 4.90 Å². The second kappa shape index (κ2) is 6.79. The summed E-state index contributed by atoms with van der Waals surface area (Å²) in [6.07, 6.45) is 0. The molecule has 0 amide bonds. The van der Waals surface area contributed by atoms with E-state index in [9.17, 15) is 8.42 Å². The Hall–Kier alpha value is -1.49. The molecule has 0 aliphatic rings. The van der Waals surface area contributed by atoms with Gasteiger partial charge in [0.1, 0.15) is 11.3 Å². The van der Waals surface area contributed by atoms with E-state index >= 15 is 0 Å². The van der Waals surface area contributed by atoms with Crippen molar-refractivity contribution < 1.29 is 8.42 Å². The number of imidazole rings is 1. The Morgan fingerprint density at radius 2 is 2.12 bits per heavy atom. The van der Waals surface area contributed by atoms with Crippen LogP contribution < -0.4 is 0 Å². The Bertz CT molecular complexity index is 948. The van der Waals surface area contributed by atoms with Crippen LogP contribution in [-0.4, -0.2) is 46.6 Å². The van der Waals surface area contributed by atoms with Gasteiger partial charge in [-0.05, 0) is 25.1 Å². The van der Waals surface area contributed by atoms with Gasteiger partial charge in [-0.1, -0.05) is 23.1 Å². The topological polar surface area (TPSA) is 81.0 Å². The highest BCUT2D eigenvalue weighted by atomic mass is 32.2. The third-order valence-electron chi connectivity index (χ3n) is 3.56. The minimum Gasteiger partial charge on any atom is -0.328 e. The van der Waals surface area contributed by atoms with Crippen molar-refractivity contribution in [3.8, 4) is 0 Å². The molecule has 0 aliphatic carbocycles. The smallest absolute Gasteiger partial charge is 0.242 e. The molecule has 0 bridgehead atoms. The molecule has 2 heterocycles. The summed E-state index contributed by atoms with van der Waals surface area (Å²) in [6.45, 7) is 2.81. The number of fused-ring (bicyclic) bond motifs is 1. The molecule has 0 fully saturated rings. The van der Waals surface area contributed by atoms with E-state index in [1.165, 1.54) is 29.7 Å². The van der Waals surface area contributed by atoms with Gasteiger partial charge in [-0.15, -0.1) is 10.2 Å². The second-order valence-corrected chi connectivity index (χ2v) is 9.41. The van der Waals surface area contributed by atoms with Crippen molar-refractivity contribution in [3.05, 3.63) is 29.5 Å². The van der Waals surface area contributed by atoms with Crippen LogP contribution in [0.1, 0.15) is 12.7 Å². The molecule has 3 aromatic rings. The first-order valence-electron chi connectivity index (χ1n) is 7.24. The Balaban J connectivity index is 1.99. The van der Waals surface area contributed by atoms with E-state index < -0.39 is 10.0 Å². The highest BCUT2D eigenvalue weighted by Crippen LogP contribution is 2.27. The van der Waals surface area contributed by atoms with Gasteiger partial charge >= 0.3 is 0 Å². The largest absolute Gasteiger partial charge is 0.328 e. The zero-order chi connectivity index (χ0) is 17.3. The summed E-state index contributed by atoms with van der Waals surface area (Å²) < 4.78 is 28.8.